The van der Waals surface area contributed by atoms with Crippen LogP contribution in [0.5, 0.6) is 11.5 Å². The molecule has 1 N–H and O–H groups in total. The highest BCUT2D eigenvalue weighted by atomic mass is 35.5. The Kier molecular flexibility index (Phi) is 13.1. The summed E-state index contributed by atoms with van der Waals surface area (Å²) in [4.78, 5) is 17.4. The van der Waals surface area contributed by atoms with Crippen molar-refractivity contribution in [3.8, 4) is 24.3 Å². The molecule has 0 fully saturated rings. The van der Waals surface area contributed by atoms with Crippen molar-refractivity contribution in [3.63, 3.8) is 0 Å². The lowest BCUT2D eigenvalue weighted by Crippen LogP contribution is -2.24. The Balaban J connectivity index is 0.000000372. The number of rotatable bonds is 10. The Labute approximate surface area is 218 Å². The van der Waals surface area contributed by atoms with Crippen LogP contribution in [-0.2, 0) is 23.0 Å². The Morgan fingerprint density at radius 3 is 2.27 bits per heavy atom. The normalized spacial score (nSPS) is 10.8. The number of carbonyl (C=O) groups excluding carboxylic acids is 1. The van der Waals surface area contributed by atoms with E-state index in [2.05, 4.69) is 47.1 Å². The van der Waals surface area contributed by atoms with Gasteiger partial charge in [-0.2, -0.15) is 18.2 Å². The van der Waals surface area contributed by atoms with E-state index in [9.17, 15) is 18.0 Å². The van der Waals surface area contributed by atoms with Gasteiger partial charge in [-0.15, -0.1) is 12.8 Å². The number of hydrogen-bond acceptors (Lipinski definition) is 8. The number of pyridine rings is 1. The van der Waals surface area contributed by atoms with Crippen LogP contribution in [-0.4, -0.2) is 41.6 Å². The van der Waals surface area contributed by atoms with E-state index in [-0.39, 0.29) is 24.4 Å². The maximum absolute atomic E-state index is 12.0. The predicted molar refractivity (Wildman–Crippen MR) is 132 cm³/mol. The average Bonchev–Trinajstić information content (AvgIpc) is 3.37. The molecule has 0 radical (unpaired) electrons. The Bertz CT molecular complexity index is 1090. The van der Waals surface area contributed by atoms with E-state index < -0.39 is 11.9 Å². The van der Waals surface area contributed by atoms with Gasteiger partial charge >= 0.3 is 6.18 Å². The van der Waals surface area contributed by atoms with Gasteiger partial charge in [0.2, 0.25) is 11.7 Å². The van der Waals surface area contributed by atoms with Crippen LogP contribution < -0.4 is 14.8 Å². The number of alkyl halides is 3. The number of carbonyl (C=O) groups is 1. The number of halogens is 4. The van der Waals surface area contributed by atoms with Crippen LogP contribution in [0.2, 0.25) is 5.02 Å². The number of aromatic nitrogens is 3. The second-order valence-corrected chi connectivity index (χ2v) is 8.29. The minimum atomic E-state index is -4.46. The van der Waals surface area contributed by atoms with Crippen molar-refractivity contribution in [1.29, 1.82) is 0 Å². The fraction of sp³-hybridized carbons (Fsp3) is 0.360. The highest BCUT2D eigenvalue weighted by Crippen LogP contribution is 2.28. The van der Waals surface area contributed by atoms with Gasteiger partial charge in [-0.05, 0) is 56.4 Å². The maximum atomic E-state index is 12.0. The fourth-order valence-electron chi connectivity index (χ4n) is 2.57. The lowest BCUT2D eigenvalue weighted by molar-refractivity contribution is -0.141. The molecule has 1 aromatic carbocycles. The van der Waals surface area contributed by atoms with Crippen molar-refractivity contribution in [1.82, 2.24) is 20.4 Å². The van der Waals surface area contributed by atoms with Gasteiger partial charge in [-0.3, -0.25) is 4.79 Å². The Hall–Kier alpha value is -3.62. The van der Waals surface area contributed by atoms with Crippen molar-refractivity contribution >= 4 is 17.9 Å². The van der Waals surface area contributed by atoms with Gasteiger partial charge in [-0.25, -0.2) is 4.98 Å². The first-order valence-electron chi connectivity index (χ1n) is 10.8. The largest absolute Gasteiger partial charge is 0.485 e. The van der Waals surface area contributed by atoms with Crippen LogP contribution in [0.3, 0.4) is 0 Å². The van der Waals surface area contributed by atoms with E-state index in [0.29, 0.717) is 23.0 Å². The maximum Gasteiger partial charge on any atom is 0.433 e. The minimum absolute atomic E-state index is 0.130. The molecule has 0 aliphatic carbocycles. The van der Waals surface area contributed by atoms with Gasteiger partial charge in [0.15, 0.2) is 12.9 Å². The van der Waals surface area contributed by atoms with E-state index in [1.165, 1.54) is 0 Å². The van der Waals surface area contributed by atoms with Crippen molar-refractivity contribution in [2.24, 2.45) is 0 Å². The fourth-order valence-corrected chi connectivity index (χ4v) is 2.70. The zero-order valence-corrected chi connectivity index (χ0v) is 21.3. The first-order valence-corrected chi connectivity index (χ1v) is 11.2. The highest BCUT2D eigenvalue weighted by molar-refractivity contribution is 6.30. The molecule has 3 rings (SSSR count). The molecule has 0 amide bonds. The number of ether oxygens (including phenoxy) is 2. The summed E-state index contributed by atoms with van der Waals surface area (Å²) < 4.78 is 51.7. The number of hydrogen-bond donors (Lipinski definition) is 1. The van der Waals surface area contributed by atoms with Gasteiger partial charge in [0.1, 0.15) is 23.8 Å². The van der Waals surface area contributed by atoms with Crippen molar-refractivity contribution in [2.75, 3.05) is 20.2 Å². The molecule has 2 aromatic heterocycles. The second kappa shape index (κ2) is 15.5. The molecule has 8 nitrogen and oxygen atoms in total. The van der Waals surface area contributed by atoms with E-state index in [0.717, 1.165) is 37.0 Å². The van der Waals surface area contributed by atoms with E-state index in [1.807, 2.05) is 7.05 Å². The summed E-state index contributed by atoms with van der Waals surface area (Å²) in [6, 6.07) is 9.07. The molecule has 12 heteroatoms. The smallest absolute Gasteiger partial charge is 0.433 e. The van der Waals surface area contributed by atoms with Gasteiger partial charge in [-0.1, -0.05) is 30.6 Å². The standard InChI is InChI=1S/C15H20ClN3O2.C8H6F3NO2.C2H2/c1-15(2,8-9-17-3)14-18-13(19-21-14)10-20-12-6-4-11(16)5-7-12;9-8(10,11)7-2-1-6(5-12-7)14-4-3-13;1-2/h4-7,17H,8-10H2,1-3H3;1-3,5H,4H2;1-2H. The number of benzene rings is 1. The van der Waals surface area contributed by atoms with E-state index in [4.69, 9.17) is 25.6 Å². The molecule has 0 atom stereocenters. The second-order valence-electron chi connectivity index (χ2n) is 7.85. The third kappa shape index (κ3) is 11.3. The lowest BCUT2D eigenvalue weighted by atomic mass is 9.89. The molecule has 2 heterocycles. The molecule has 3 aromatic rings. The summed E-state index contributed by atoms with van der Waals surface area (Å²) >= 11 is 5.82. The van der Waals surface area contributed by atoms with Gasteiger partial charge < -0.3 is 19.3 Å². The van der Waals surface area contributed by atoms with E-state index >= 15 is 0 Å². The summed E-state index contributed by atoms with van der Waals surface area (Å²) in [7, 11) is 1.93. The lowest BCUT2D eigenvalue weighted by Gasteiger charge is -2.18. The summed E-state index contributed by atoms with van der Waals surface area (Å²) in [5.41, 5.74) is -1.15. The first-order chi connectivity index (χ1) is 17.5. The third-order valence-electron chi connectivity index (χ3n) is 4.57. The van der Waals surface area contributed by atoms with Crippen LogP contribution in [0.15, 0.2) is 47.1 Å². The van der Waals surface area contributed by atoms with Crippen molar-refractivity contribution in [3.05, 3.63) is 65.0 Å². The van der Waals surface area contributed by atoms with Crippen LogP contribution >= 0.6 is 11.6 Å². The molecule has 200 valence electrons. The summed E-state index contributed by atoms with van der Waals surface area (Å²) in [6.07, 6.45) is 5.89. The van der Waals surface area contributed by atoms with Crippen molar-refractivity contribution < 1.29 is 32.0 Å². The summed E-state index contributed by atoms with van der Waals surface area (Å²) in [6.45, 7) is 5.13. The molecule has 0 saturated carbocycles. The first kappa shape index (κ1) is 31.4. The quantitative estimate of drug-likeness (QED) is 0.279. The monoisotopic (exact) mass is 540 g/mol. The molecule has 37 heavy (non-hydrogen) atoms. The molecule has 0 bridgehead atoms. The van der Waals surface area contributed by atoms with Gasteiger partial charge in [0.05, 0.1) is 6.20 Å². The third-order valence-corrected chi connectivity index (χ3v) is 4.83. The molecule has 0 saturated heterocycles. The zero-order chi connectivity index (χ0) is 27.9. The van der Waals surface area contributed by atoms with Crippen molar-refractivity contribution in [2.45, 2.75) is 38.5 Å². The summed E-state index contributed by atoms with van der Waals surface area (Å²) in [5.74, 6) is 2.02. The number of terminal acetylenes is 1. The Morgan fingerprint density at radius 2 is 1.73 bits per heavy atom. The SMILES string of the molecule is C#C.CNCCC(C)(C)c1nc(COc2ccc(Cl)cc2)no1.O=CCOc1ccc(C(F)(F)F)nc1. The van der Waals surface area contributed by atoms with Crippen LogP contribution in [0.4, 0.5) is 13.2 Å². The molecule has 0 spiro atoms. The highest BCUT2D eigenvalue weighted by Gasteiger charge is 2.32. The van der Waals surface area contributed by atoms with Crippen LogP contribution in [0, 0.1) is 12.8 Å². The van der Waals surface area contributed by atoms with Gasteiger partial charge in [0.25, 0.3) is 0 Å². The summed E-state index contributed by atoms with van der Waals surface area (Å²) in [5, 5.41) is 7.77. The molecule has 0 aliphatic rings. The van der Waals surface area contributed by atoms with Gasteiger partial charge in [0, 0.05) is 10.4 Å². The topological polar surface area (TPSA) is 99.4 Å². The number of nitrogens with one attached hydrogen (secondary N) is 1. The number of aldehydes is 1. The zero-order valence-electron chi connectivity index (χ0n) is 20.6. The number of nitrogens with zero attached hydrogens (tertiary/aromatic N) is 3. The predicted octanol–water partition coefficient (Wildman–Crippen LogP) is 5.12. The Morgan fingerprint density at radius 1 is 1.08 bits per heavy atom. The van der Waals surface area contributed by atoms with Crippen LogP contribution in [0.1, 0.15) is 37.7 Å². The molecular formula is C25H28ClF3N4O4. The molecular weight excluding hydrogens is 513 g/mol. The molecule has 0 unspecified atom stereocenters. The minimum Gasteiger partial charge on any atom is -0.485 e. The molecule has 0 aliphatic heterocycles. The average molecular weight is 541 g/mol. The van der Waals surface area contributed by atoms with E-state index in [1.54, 1.807) is 24.3 Å². The van der Waals surface area contributed by atoms with Crippen LogP contribution in [0.25, 0.3) is 0 Å².